The number of pyridine rings is 1. The molecular weight excluding hydrogens is 273 g/mol. The van der Waals surface area contributed by atoms with Crippen LogP contribution in [0, 0.1) is 0 Å². The molecule has 0 spiro atoms. The Morgan fingerprint density at radius 1 is 1.28 bits per heavy atom. The zero-order chi connectivity index (χ0) is 13.1. The highest BCUT2D eigenvalue weighted by Crippen LogP contribution is 2.31. The van der Waals surface area contributed by atoms with E-state index in [4.69, 9.17) is 28.3 Å². The summed E-state index contributed by atoms with van der Waals surface area (Å²) in [6.45, 7) is 0. The molecule has 0 aliphatic carbocycles. The molecule has 18 heavy (non-hydrogen) atoms. The second-order valence-corrected chi connectivity index (χ2v) is 4.55. The Bertz CT molecular complexity index is 599. The van der Waals surface area contributed by atoms with Crippen LogP contribution in [0.25, 0.3) is 11.3 Å². The summed E-state index contributed by atoms with van der Waals surface area (Å²) < 4.78 is 0. The molecule has 0 aliphatic rings. The van der Waals surface area contributed by atoms with Gasteiger partial charge < -0.3 is 5.11 Å². The lowest BCUT2D eigenvalue weighted by Gasteiger charge is -2.08. The van der Waals surface area contributed by atoms with Crippen LogP contribution in [0.15, 0.2) is 36.5 Å². The summed E-state index contributed by atoms with van der Waals surface area (Å²) in [5, 5.41) is 9.89. The van der Waals surface area contributed by atoms with E-state index >= 15 is 0 Å². The summed E-state index contributed by atoms with van der Waals surface area (Å²) in [4.78, 5) is 15.0. The number of hydrogen-bond donors (Lipinski definition) is 1. The van der Waals surface area contributed by atoms with E-state index in [2.05, 4.69) is 4.98 Å². The van der Waals surface area contributed by atoms with Crippen molar-refractivity contribution in [1.29, 1.82) is 0 Å². The normalized spacial score (nSPS) is 10.3. The summed E-state index contributed by atoms with van der Waals surface area (Å²) in [7, 11) is 0. The van der Waals surface area contributed by atoms with Crippen molar-refractivity contribution in [1.82, 2.24) is 4.98 Å². The van der Waals surface area contributed by atoms with E-state index in [1.807, 2.05) is 0 Å². The molecule has 0 radical (unpaired) electrons. The Kier molecular flexibility index (Phi) is 3.84. The number of hydrogen-bond acceptors (Lipinski definition) is 2. The summed E-state index contributed by atoms with van der Waals surface area (Å²) in [5.41, 5.74) is 1.79. The molecule has 0 unspecified atom stereocenters. The maximum Gasteiger partial charge on any atom is 0.307 e. The maximum absolute atomic E-state index is 10.8. The van der Waals surface area contributed by atoms with Gasteiger partial charge in [-0.25, -0.2) is 0 Å². The Hall–Kier alpha value is -1.58. The minimum atomic E-state index is -0.914. The van der Waals surface area contributed by atoms with E-state index in [1.165, 1.54) is 0 Å². The standard InChI is InChI=1S/C13H9Cl2NO2/c14-9-3-4-11(15)10(7-9)13-8(6-12(17)18)2-1-5-16-13/h1-5,7H,6H2,(H,17,18). The number of benzene rings is 1. The van der Waals surface area contributed by atoms with Crippen LogP contribution >= 0.6 is 23.2 Å². The van der Waals surface area contributed by atoms with Crippen LogP contribution in [-0.2, 0) is 11.2 Å². The van der Waals surface area contributed by atoms with Gasteiger partial charge in [0.2, 0.25) is 0 Å². The monoisotopic (exact) mass is 281 g/mol. The number of rotatable bonds is 3. The molecule has 0 saturated carbocycles. The SMILES string of the molecule is O=C(O)Cc1cccnc1-c1cc(Cl)ccc1Cl. The topological polar surface area (TPSA) is 50.2 Å². The zero-order valence-corrected chi connectivity index (χ0v) is 10.7. The van der Waals surface area contributed by atoms with Crippen LogP contribution in [0.5, 0.6) is 0 Å². The van der Waals surface area contributed by atoms with Gasteiger partial charge >= 0.3 is 5.97 Å². The van der Waals surface area contributed by atoms with Gasteiger partial charge in [-0.2, -0.15) is 0 Å². The Balaban J connectivity index is 2.56. The Morgan fingerprint density at radius 2 is 2.06 bits per heavy atom. The minimum Gasteiger partial charge on any atom is -0.481 e. The van der Waals surface area contributed by atoms with E-state index in [1.54, 1.807) is 36.5 Å². The second kappa shape index (κ2) is 5.38. The molecular formula is C13H9Cl2NO2. The number of halogens is 2. The van der Waals surface area contributed by atoms with Gasteiger partial charge in [0.1, 0.15) is 0 Å². The molecule has 5 heteroatoms. The average molecular weight is 282 g/mol. The molecule has 1 heterocycles. The first-order valence-electron chi connectivity index (χ1n) is 5.19. The third kappa shape index (κ3) is 2.81. The van der Waals surface area contributed by atoms with Crippen LogP contribution in [0.1, 0.15) is 5.56 Å². The Labute approximate surface area is 114 Å². The van der Waals surface area contributed by atoms with Gasteiger partial charge in [-0.05, 0) is 29.8 Å². The number of aromatic nitrogens is 1. The first-order valence-corrected chi connectivity index (χ1v) is 5.94. The van der Waals surface area contributed by atoms with Crippen molar-refractivity contribution >= 4 is 29.2 Å². The van der Waals surface area contributed by atoms with Gasteiger partial charge in [0.05, 0.1) is 17.1 Å². The highest BCUT2D eigenvalue weighted by Gasteiger charge is 2.12. The van der Waals surface area contributed by atoms with Crippen molar-refractivity contribution in [3.8, 4) is 11.3 Å². The van der Waals surface area contributed by atoms with E-state index in [0.717, 1.165) is 0 Å². The fraction of sp³-hybridized carbons (Fsp3) is 0.0769. The molecule has 0 atom stereocenters. The van der Waals surface area contributed by atoms with Gasteiger partial charge in [0, 0.05) is 16.8 Å². The number of carboxylic acid groups (broad SMARTS) is 1. The molecule has 0 saturated heterocycles. The predicted octanol–water partition coefficient (Wildman–Crippen LogP) is 3.68. The van der Waals surface area contributed by atoms with Crippen molar-refractivity contribution in [2.45, 2.75) is 6.42 Å². The highest BCUT2D eigenvalue weighted by atomic mass is 35.5. The van der Waals surface area contributed by atoms with Crippen LogP contribution in [0.4, 0.5) is 0 Å². The van der Waals surface area contributed by atoms with Gasteiger partial charge in [0.15, 0.2) is 0 Å². The highest BCUT2D eigenvalue weighted by molar-refractivity contribution is 6.35. The molecule has 0 amide bonds. The third-order valence-electron chi connectivity index (χ3n) is 2.42. The van der Waals surface area contributed by atoms with Crippen LogP contribution in [0.2, 0.25) is 10.0 Å². The quantitative estimate of drug-likeness (QED) is 0.934. The van der Waals surface area contributed by atoms with Crippen molar-refractivity contribution in [2.75, 3.05) is 0 Å². The maximum atomic E-state index is 10.8. The lowest BCUT2D eigenvalue weighted by Crippen LogP contribution is -2.03. The van der Waals surface area contributed by atoms with Crippen LogP contribution in [0.3, 0.4) is 0 Å². The van der Waals surface area contributed by atoms with E-state index in [0.29, 0.717) is 26.9 Å². The second-order valence-electron chi connectivity index (χ2n) is 3.71. The summed E-state index contributed by atoms with van der Waals surface area (Å²) in [5.74, 6) is -0.914. The van der Waals surface area contributed by atoms with Gasteiger partial charge in [0.25, 0.3) is 0 Å². The summed E-state index contributed by atoms with van der Waals surface area (Å²) in [6, 6.07) is 8.43. The van der Waals surface area contributed by atoms with Gasteiger partial charge in [-0.3, -0.25) is 9.78 Å². The van der Waals surface area contributed by atoms with Crippen molar-refractivity contribution in [3.05, 3.63) is 52.1 Å². The molecule has 1 N–H and O–H groups in total. The van der Waals surface area contributed by atoms with E-state index in [9.17, 15) is 4.79 Å². The Morgan fingerprint density at radius 3 is 2.78 bits per heavy atom. The average Bonchev–Trinajstić information content (AvgIpc) is 2.32. The van der Waals surface area contributed by atoms with Gasteiger partial charge in [-0.15, -0.1) is 0 Å². The molecule has 1 aromatic heterocycles. The smallest absolute Gasteiger partial charge is 0.307 e. The largest absolute Gasteiger partial charge is 0.481 e. The molecule has 92 valence electrons. The molecule has 1 aromatic carbocycles. The molecule has 0 aliphatic heterocycles. The molecule has 0 bridgehead atoms. The molecule has 2 rings (SSSR count). The zero-order valence-electron chi connectivity index (χ0n) is 9.23. The van der Waals surface area contributed by atoms with Crippen molar-refractivity contribution in [2.24, 2.45) is 0 Å². The van der Waals surface area contributed by atoms with Crippen molar-refractivity contribution in [3.63, 3.8) is 0 Å². The number of carboxylic acids is 1. The fourth-order valence-corrected chi connectivity index (χ4v) is 2.04. The van der Waals surface area contributed by atoms with E-state index in [-0.39, 0.29) is 6.42 Å². The lowest BCUT2D eigenvalue weighted by atomic mass is 10.0. The molecule has 0 fully saturated rings. The summed E-state index contributed by atoms with van der Waals surface area (Å²) in [6.07, 6.45) is 1.49. The third-order valence-corrected chi connectivity index (χ3v) is 2.98. The number of aliphatic carboxylic acids is 1. The predicted molar refractivity (Wildman–Crippen MR) is 71.0 cm³/mol. The summed E-state index contributed by atoms with van der Waals surface area (Å²) >= 11 is 12.0. The fourth-order valence-electron chi connectivity index (χ4n) is 1.67. The first-order chi connectivity index (χ1) is 8.58. The van der Waals surface area contributed by atoms with Crippen LogP contribution in [-0.4, -0.2) is 16.1 Å². The lowest BCUT2D eigenvalue weighted by molar-refractivity contribution is -0.136. The first kappa shape index (κ1) is 12.9. The van der Waals surface area contributed by atoms with E-state index < -0.39 is 5.97 Å². The van der Waals surface area contributed by atoms with Crippen LogP contribution < -0.4 is 0 Å². The molecule has 2 aromatic rings. The van der Waals surface area contributed by atoms with Crippen molar-refractivity contribution < 1.29 is 9.90 Å². The van der Waals surface area contributed by atoms with Gasteiger partial charge in [-0.1, -0.05) is 29.3 Å². The number of carbonyl (C=O) groups is 1. The number of nitrogens with zero attached hydrogens (tertiary/aromatic N) is 1. The molecule has 3 nitrogen and oxygen atoms in total. The minimum absolute atomic E-state index is 0.105.